The number of aromatic nitrogens is 6. The SMILES string of the molecule is CC/C=C/c1ccc(C2=N[C@@H](CC(=O)OC(C)(C)C)c3nnc(C)n3-c3sc(C)c(C)c32)cc1.CN.Cc1sc2c(c1C)C(c1ccc(/C=C/CN)cc1)=N[C@@H](CC(=O)OC(C)(C)C)c1nnc(C)n1-2. The molecule has 6 heterocycles. The van der Waals surface area contributed by atoms with Crippen LogP contribution in [-0.2, 0) is 19.1 Å². The fraction of sp³-hybridized carbons (Fsp3) is 0.407. The highest BCUT2D eigenvalue weighted by atomic mass is 32.1. The third-order valence-electron chi connectivity index (χ3n) is 11.4. The van der Waals surface area contributed by atoms with Crippen LogP contribution in [0.4, 0.5) is 0 Å². The molecule has 14 nitrogen and oxygen atoms in total. The molecule has 8 rings (SSSR count). The summed E-state index contributed by atoms with van der Waals surface area (Å²) in [6, 6.07) is 15.7. The lowest BCUT2D eigenvalue weighted by atomic mass is 9.98. The van der Waals surface area contributed by atoms with E-state index in [0.29, 0.717) is 18.2 Å². The number of carbonyl (C=O) groups excluding carboxylic acids is 2. The molecule has 4 aromatic heterocycles. The number of hydrogen-bond acceptors (Lipinski definition) is 14. The summed E-state index contributed by atoms with van der Waals surface area (Å²) in [6.07, 6.45) is 9.38. The normalized spacial score (nSPS) is 15.3. The molecule has 0 radical (unpaired) electrons. The number of thiophene rings is 2. The first kappa shape index (κ1) is 53.2. The van der Waals surface area contributed by atoms with E-state index < -0.39 is 23.3 Å². The number of carbonyl (C=O) groups is 2. The Morgan fingerprint density at radius 2 is 0.986 bits per heavy atom. The number of ether oxygens (including phenoxy) is 2. The van der Waals surface area contributed by atoms with Crippen LogP contribution in [-0.4, -0.2) is 77.7 Å². The molecule has 0 bridgehead atoms. The summed E-state index contributed by atoms with van der Waals surface area (Å²) in [5.41, 5.74) is 19.4. The van der Waals surface area contributed by atoms with E-state index >= 15 is 0 Å². The molecule has 0 saturated heterocycles. The summed E-state index contributed by atoms with van der Waals surface area (Å²) < 4.78 is 15.4. The van der Waals surface area contributed by atoms with Crippen LogP contribution in [0.3, 0.4) is 0 Å². The van der Waals surface area contributed by atoms with Crippen LogP contribution in [0.25, 0.3) is 22.2 Å². The molecule has 0 spiro atoms. The number of esters is 2. The summed E-state index contributed by atoms with van der Waals surface area (Å²) in [5, 5.41) is 19.6. The van der Waals surface area contributed by atoms with Crippen molar-refractivity contribution in [2.24, 2.45) is 21.5 Å². The Hall–Kier alpha value is -6.20. The van der Waals surface area contributed by atoms with Crippen LogP contribution >= 0.6 is 22.7 Å². The fourth-order valence-electron chi connectivity index (χ4n) is 8.09. The molecule has 16 heteroatoms. The number of nitrogens with two attached hydrogens (primary N) is 2. The first-order valence-corrected chi connectivity index (χ1v) is 25.3. The van der Waals surface area contributed by atoms with Crippen molar-refractivity contribution in [2.45, 2.75) is 133 Å². The molecule has 4 N–H and O–H groups in total. The van der Waals surface area contributed by atoms with Crippen LogP contribution in [0, 0.1) is 41.5 Å². The van der Waals surface area contributed by atoms with Crippen molar-refractivity contribution in [3.8, 4) is 10.0 Å². The molecule has 2 aliphatic rings. The van der Waals surface area contributed by atoms with Crippen LogP contribution in [0.2, 0.25) is 0 Å². The van der Waals surface area contributed by atoms with Crippen molar-refractivity contribution in [1.29, 1.82) is 0 Å². The number of benzene rings is 2. The smallest absolute Gasteiger partial charge is 0.308 e. The maximum absolute atomic E-state index is 12.8. The van der Waals surface area contributed by atoms with Crippen molar-refractivity contribution in [3.63, 3.8) is 0 Å². The lowest BCUT2D eigenvalue weighted by Gasteiger charge is -2.21. The number of aryl methyl sites for hydroxylation is 4. The van der Waals surface area contributed by atoms with E-state index in [-0.39, 0.29) is 24.8 Å². The number of aliphatic imine (C=N–C) groups is 2. The molecule has 0 fully saturated rings. The van der Waals surface area contributed by atoms with Crippen molar-refractivity contribution in [1.82, 2.24) is 29.5 Å². The average Bonchev–Trinajstić information content (AvgIpc) is 3.99. The molecule has 2 atom stereocenters. The number of fused-ring (bicyclic) bond motifs is 6. The molecule has 0 aliphatic carbocycles. The molecule has 2 aromatic carbocycles. The molecule has 0 unspecified atom stereocenters. The highest BCUT2D eigenvalue weighted by Gasteiger charge is 2.35. The summed E-state index contributed by atoms with van der Waals surface area (Å²) in [7, 11) is 1.50. The zero-order valence-corrected chi connectivity index (χ0v) is 44.7. The fourth-order valence-corrected chi connectivity index (χ4v) is 10.5. The predicted octanol–water partition coefficient (Wildman–Crippen LogP) is 10.7. The second-order valence-corrected chi connectivity index (χ2v) is 21.5. The molecule has 0 saturated carbocycles. The summed E-state index contributed by atoms with van der Waals surface area (Å²) in [5.74, 6) is 2.26. The van der Waals surface area contributed by atoms with E-state index in [1.54, 1.807) is 22.7 Å². The molecule has 0 amide bonds. The molecular formula is C54H68N10O4S2. The van der Waals surface area contributed by atoms with E-state index in [1.165, 1.54) is 27.9 Å². The van der Waals surface area contributed by atoms with E-state index in [4.69, 9.17) is 25.2 Å². The lowest BCUT2D eigenvalue weighted by molar-refractivity contribution is -0.156. The van der Waals surface area contributed by atoms with Gasteiger partial charge in [-0.15, -0.1) is 43.1 Å². The van der Waals surface area contributed by atoms with Gasteiger partial charge in [0.05, 0.1) is 24.3 Å². The average molecular weight is 985 g/mol. The van der Waals surface area contributed by atoms with Crippen LogP contribution in [0.1, 0.15) is 157 Å². The van der Waals surface area contributed by atoms with Gasteiger partial charge in [0.2, 0.25) is 0 Å². The van der Waals surface area contributed by atoms with Crippen LogP contribution in [0.5, 0.6) is 0 Å². The summed E-state index contributed by atoms with van der Waals surface area (Å²) >= 11 is 3.41. The van der Waals surface area contributed by atoms with Crippen molar-refractivity contribution in [2.75, 3.05) is 13.6 Å². The van der Waals surface area contributed by atoms with Crippen molar-refractivity contribution in [3.05, 3.63) is 138 Å². The topological polar surface area (TPSA) is 191 Å². The summed E-state index contributed by atoms with van der Waals surface area (Å²) in [6.45, 7) is 26.2. The second-order valence-electron chi connectivity index (χ2n) is 19.1. The molecule has 6 aromatic rings. The van der Waals surface area contributed by atoms with Crippen molar-refractivity contribution >= 4 is 58.2 Å². The van der Waals surface area contributed by atoms with Gasteiger partial charge in [0, 0.05) is 38.6 Å². The number of allylic oxidation sites excluding steroid dienone is 1. The van der Waals surface area contributed by atoms with Gasteiger partial charge in [-0.3, -0.25) is 28.7 Å². The second kappa shape index (κ2) is 22.3. The lowest BCUT2D eigenvalue weighted by Crippen LogP contribution is -2.25. The van der Waals surface area contributed by atoms with Gasteiger partial charge >= 0.3 is 11.9 Å². The van der Waals surface area contributed by atoms with Gasteiger partial charge in [-0.05, 0) is 119 Å². The Balaban J connectivity index is 0.000000222. The first-order valence-electron chi connectivity index (χ1n) is 23.6. The monoisotopic (exact) mass is 984 g/mol. The van der Waals surface area contributed by atoms with E-state index in [9.17, 15) is 9.59 Å². The van der Waals surface area contributed by atoms with Gasteiger partial charge in [-0.25, -0.2) is 0 Å². The Morgan fingerprint density at radius 1 is 0.614 bits per heavy atom. The minimum atomic E-state index is -0.572. The highest BCUT2D eigenvalue weighted by molar-refractivity contribution is 7.15. The molecule has 2 aliphatic heterocycles. The predicted molar refractivity (Wildman–Crippen MR) is 285 cm³/mol. The maximum Gasteiger partial charge on any atom is 0.308 e. The third-order valence-corrected chi connectivity index (χ3v) is 13.8. The number of rotatable bonds is 10. The Kier molecular flexibility index (Phi) is 16.9. The Labute approximate surface area is 420 Å². The number of hydrogen-bond donors (Lipinski definition) is 2. The zero-order chi connectivity index (χ0) is 51.2. The maximum atomic E-state index is 12.8. The van der Waals surface area contributed by atoms with Crippen molar-refractivity contribution < 1.29 is 19.1 Å². The van der Waals surface area contributed by atoms with Gasteiger partial charge in [0.1, 0.15) is 44.9 Å². The molecule has 370 valence electrons. The largest absolute Gasteiger partial charge is 0.460 e. The van der Waals surface area contributed by atoms with E-state index in [2.05, 4.69) is 126 Å². The van der Waals surface area contributed by atoms with Crippen LogP contribution < -0.4 is 11.5 Å². The van der Waals surface area contributed by atoms with Gasteiger partial charge in [0.15, 0.2) is 11.6 Å². The molecular weight excluding hydrogens is 917 g/mol. The van der Waals surface area contributed by atoms with Gasteiger partial charge in [-0.1, -0.05) is 79.8 Å². The zero-order valence-electron chi connectivity index (χ0n) is 43.1. The molecule has 70 heavy (non-hydrogen) atoms. The van der Waals surface area contributed by atoms with Gasteiger partial charge in [0.25, 0.3) is 0 Å². The minimum absolute atomic E-state index is 0.0865. The van der Waals surface area contributed by atoms with Gasteiger partial charge < -0.3 is 20.9 Å². The third kappa shape index (κ3) is 12.0. The van der Waals surface area contributed by atoms with E-state index in [1.807, 2.05) is 72.1 Å². The minimum Gasteiger partial charge on any atom is -0.460 e. The number of nitrogens with zero attached hydrogens (tertiary/aromatic N) is 8. The van der Waals surface area contributed by atoms with E-state index in [0.717, 1.165) is 72.9 Å². The quantitative estimate of drug-likeness (QED) is 0.125. The summed E-state index contributed by atoms with van der Waals surface area (Å²) in [4.78, 5) is 38.4. The first-order chi connectivity index (χ1) is 33.2. The Morgan fingerprint density at radius 3 is 1.33 bits per heavy atom. The van der Waals surface area contributed by atoms with Crippen LogP contribution in [0.15, 0.2) is 70.7 Å². The highest BCUT2D eigenvalue weighted by Crippen LogP contribution is 2.41. The van der Waals surface area contributed by atoms with Gasteiger partial charge in [-0.2, -0.15) is 0 Å². The Bertz CT molecular complexity index is 2750. The standard InChI is InChI=1S/C27H32N4O2S.C26H31N5O2S.CH5N/c1-8-9-10-19-11-13-20(14-12-19)24-23-16(2)17(3)34-26(23)31-18(4)29-30-25(31)21(28-24)15-22(32)33-27(5,6)7;1-15-16(2)34-25-22(15)23(19-11-9-18(10-12-19)8-7-13-27)28-20(14-21(32)33-26(4,5)6)24-30-29-17(3)31(24)25;1-2/h9-14,21H,8,15H2,1-7H3;7-12,20H,13-14,27H2,1-6H3;2H2,1H3/b10-9+;8-7+;/t21-;20-;/m00./s1.